The first-order valence-electron chi connectivity index (χ1n) is 4.38. The number of nitrogens with zero attached hydrogens (tertiary/aromatic N) is 2. The molecule has 1 amide bonds. The summed E-state index contributed by atoms with van der Waals surface area (Å²) in [6.07, 6.45) is 0. The Hall–Kier alpha value is -0.380. The van der Waals surface area contributed by atoms with Crippen LogP contribution in [0, 0.1) is 0 Å². The molecule has 0 heterocycles. The van der Waals surface area contributed by atoms with Crippen molar-refractivity contribution in [1.29, 1.82) is 0 Å². The van der Waals surface area contributed by atoms with E-state index in [-0.39, 0.29) is 12.5 Å². The molecule has 0 spiro atoms. The van der Waals surface area contributed by atoms with Crippen LogP contribution in [0.25, 0.3) is 0 Å². The fourth-order valence-electron chi connectivity index (χ4n) is 0.904. The van der Waals surface area contributed by atoms with Crippen LogP contribution in [0.1, 0.15) is 13.8 Å². The number of hydrogen-bond acceptors (Lipinski definition) is 4. The Labute approximate surface area is 85.0 Å². The van der Waals surface area contributed by atoms with Crippen molar-refractivity contribution in [3.05, 3.63) is 0 Å². The average molecular weight is 222 g/mol. The van der Waals surface area contributed by atoms with E-state index in [2.05, 4.69) is 0 Å². The lowest BCUT2D eigenvalue weighted by Crippen LogP contribution is -2.40. The molecule has 0 aromatic heterocycles. The summed E-state index contributed by atoms with van der Waals surface area (Å²) in [7, 11) is -0.504. The maximum absolute atomic E-state index is 11.7. The molecule has 0 fully saturated rings. The Morgan fingerprint density at radius 3 is 2.21 bits per heavy atom. The number of hydroxylamine groups is 2. The van der Waals surface area contributed by atoms with Gasteiger partial charge in [0.15, 0.2) is 0 Å². The van der Waals surface area contributed by atoms with E-state index in [1.807, 2.05) is 6.92 Å². The Balaban J connectivity index is 4.29. The third-order valence-corrected chi connectivity index (χ3v) is 4.45. The molecule has 0 rings (SSSR count). The smallest absolute Gasteiger partial charge is 0.244 e. The van der Waals surface area contributed by atoms with Gasteiger partial charge in [0, 0.05) is 6.92 Å². The van der Waals surface area contributed by atoms with Gasteiger partial charge in [0.1, 0.15) is 6.67 Å². The highest BCUT2D eigenvalue weighted by molar-refractivity contribution is 7.62. The van der Waals surface area contributed by atoms with Gasteiger partial charge in [-0.2, -0.15) is 0 Å². The van der Waals surface area contributed by atoms with Crippen LogP contribution in [0.2, 0.25) is 0 Å². The second-order valence-corrected chi connectivity index (χ2v) is 7.50. The fourth-order valence-corrected chi connectivity index (χ4v) is 1.93. The van der Waals surface area contributed by atoms with Gasteiger partial charge in [-0.1, -0.05) is 0 Å². The Morgan fingerprint density at radius 2 is 1.93 bits per heavy atom. The molecule has 1 unspecified atom stereocenters. The van der Waals surface area contributed by atoms with E-state index in [1.54, 1.807) is 25.3 Å². The molecule has 0 aliphatic carbocycles. The number of amides is 1. The van der Waals surface area contributed by atoms with E-state index < -0.39 is 13.0 Å². The Bertz CT molecular complexity index is 251. The van der Waals surface area contributed by atoms with E-state index in [4.69, 9.17) is 5.21 Å². The molecule has 0 radical (unpaired) electrons. The second-order valence-electron chi connectivity index (χ2n) is 3.88. The third-order valence-electron chi connectivity index (χ3n) is 2.26. The summed E-state index contributed by atoms with van der Waals surface area (Å²) in [5.74, 6) is -0.581. The van der Waals surface area contributed by atoms with Gasteiger partial charge in [0.25, 0.3) is 0 Å². The zero-order chi connectivity index (χ0) is 11.5. The summed E-state index contributed by atoms with van der Waals surface area (Å²) in [4.78, 5) is 12.4. The maximum atomic E-state index is 11.7. The van der Waals surface area contributed by atoms with E-state index in [1.165, 1.54) is 6.92 Å². The summed E-state index contributed by atoms with van der Waals surface area (Å²) in [6.45, 7) is 6.53. The molecule has 84 valence electrons. The van der Waals surface area contributed by atoms with E-state index in [0.717, 1.165) is 0 Å². The van der Waals surface area contributed by atoms with Crippen molar-refractivity contribution in [2.75, 3.05) is 27.0 Å². The zero-order valence-electron chi connectivity index (χ0n) is 9.39. The van der Waals surface area contributed by atoms with Crippen LogP contribution in [-0.4, -0.2) is 53.9 Å². The van der Waals surface area contributed by atoms with Crippen molar-refractivity contribution in [1.82, 2.24) is 9.96 Å². The van der Waals surface area contributed by atoms with Gasteiger partial charge in [-0.15, -0.1) is 0 Å². The minimum Gasteiger partial charge on any atom is -0.323 e. The number of carbonyl (C=O) groups excluding carboxylic acids is 1. The molecule has 14 heavy (non-hydrogen) atoms. The number of rotatable bonds is 4. The summed E-state index contributed by atoms with van der Waals surface area (Å²) < 4.78 is 11.7. The number of carbonyl (C=O) groups is 1. The SMILES string of the molecule is CC(=O)N(O)CN(C)C(C)P(C)(C)=O. The highest BCUT2D eigenvalue weighted by Gasteiger charge is 2.23. The molecule has 5 nitrogen and oxygen atoms in total. The van der Waals surface area contributed by atoms with Crippen molar-refractivity contribution in [3.63, 3.8) is 0 Å². The van der Waals surface area contributed by atoms with Crippen molar-refractivity contribution in [3.8, 4) is 0 Å². The first-order chi connectivity index (χ1) is 6.16. The van der Waals surface area contributed by atoms with Gasteiger partial charge < -0.3 is 4.57 Å². The Morgan fingerprint density at radius 1 is 1.50 bits per heavy atom. The first kappa shape index (κ1) is 13.6. The molecular weight excluding hydrogens is 203 g/mol. The van der Waals surface area contributed by atoms with Crippen LogP contribution in [0.15, 0.2) is 0 Å². The fraction of sp³-hybridized carbons (Fsp3) is 0.875. The van der Waals surface area contributed by atoms with Crippen molar-refractivity contribution in [2.24, 2.45) is 0 Å². The van der Waals surface area contributed by atoms with Gasteiger partial charge in [0.2, 0.25) is 5.91 Å². The summed E-state index contributed by atoms with van der Waals surface area (Å²) in [5.41, 5.74) is 0. The molecule has 1 N–H and O–H groups in total. The topological polar surface area (TPSA) is 60.9 Å². The quantitative estimate of drug-likeness (QED) is 0.334. The number of hydrogen-bond donors (Lipinski definition) is 1. The highest BCUT2D eigenvalue weighted by atomic mass is 31.2. The lowest BCUT2D eigenvalue weighted by Gasteiger charge is -2.29. The molecule has 0 aromatic carbocycles. The third kappa shape index (κ3) is 4.22. The first-order valence-corrected chi connectivity index (χ1v) is 7.05. The van der Waals surface area contributed by atoms with Gasteiger partial charge in [-0.3, -0.25) is 14.9 Å². The van der Waals surface area contributed by atoms with Crippen LogP contribution in [0.5, 0.6) is 0 Å². The van der Waals surface area contributed by atoms with Gasteiger partial charge >= 0.3 is 0 Å². The molecule has 0 aromatic rings. The van der Waals surface area contributed by atoms with E-state index >= 15 is 0 Å². The summed E-state index contributed by atoms with van der Waals surface area (Å²) in [5, 5.41) is 9.77. The van der Waals surface area contributed by atoms with Crippen molar-refractivity contribution in [2.45, 2.75) is 19.6 Å². The summed E-state index contributed by atoms with van der Waals surface area (Å²) >= 11 is 0. The van der Waals surface area contributed by atoms with Gasteiger partial charge in [-0.05, 0) is 27.3 Å². The Kier molecular flexibility index (Phi) is 4.78. The van der Waals surface area contributed by atoms with Gasteiger partial charge in [-0.25, -0.2) is 5.06 Å². The van der Waals surface area contributed by atoms with Crippen LogP contribution in [0.4, 0.5) is 0 Å². The van der Waals surface area contributed by atoms with Crippen LogP contribution in [0.3, 0.4) is 0 Å². The van der Waals surface area contributed by atoms with E-state index in [0.29, 0.717) is 5.06 Å². The van der Waals surface area contributed by atoms with Gasteiger partial charge in [0.05, 0.1) is 12.9 Å². The minimum absolute atomic E-state index is 0.0716. The normalized spacial score (nSPS) is 14.2. The van der Waals surface area contributed by atoms with Crippen molar-refractivity contribution < 1.29 is 14.6 Å². The molecule has 6 heteroatoms. The molecule has 0 saturated heterocycles. The predicted octanol–water partition coefficient (Wildman–Crippen LogP) is 1.08. The molecule has 0 bridgehead atoms. The molecule has 0 aliphatic heterocycles. The second kappa shape index (κ2) is 4.91. The molecular formula is C8H19N2O3P. The predicted molar refractivity (Wildman–Crippen MR) is 55.9 cm³/mol. The van der Waals surface area contributed by atoms with E-state index in [9.17, 15) is 9.36 Å². The van der Waals surface area contributed by atoms with Crippen molar-refractivity contribution >= 4 is 13.0 Å². The summed E-state index contributed by atoms with van der Waals surface area (Å²) in [6, 6.07) is 0. The largest absolute Gasteiger partial charge is 0.323 e. The molecule has 1 atom stereocenters. The van der Waals surface area contributed by atoms with Crippen LogP contribution in [-0.2, 0) is 9.36 Å². The zero-order valence-corrected chi connectivity index (χ0v) is 10.3. The molecule has 0 aliphatic rings. The van der Waals surface area contributed by atoms with Crippen LogP contribution < -0.4 is 0 Å². The van der Waals surface area contributed by atoms with Crippen LogP contribution >= 0.6 is 7.14 Å². The minimum atomic E-state index is -2.22. The monoisotopic (exact) mass is 222 g/mol. The highest BCUT2D eigenvalue weighted by Crippen LogP contribution is 2.43. The maximum Gasteiger partial charge on any atom is 0.244 e. The lowest BCUT2D eigenvalue weighted by atomic mass is 10.6. The standard InChI is InChI=1S/C8H19N2O3P/c1-7(11)10(12)6-9(3)8(2)14(4,5)13/h8,12H,6H2,1-5H3. The lowest BCUT2D eigenvalue weighted by molar-refractivity contribution is -0.171. The molecule has 0 saturated carbocycles. The average Bonchev–Trinajstić information content (AvgIpc) is 2.00.